The van der Waals surface area contributed by atoms with E-state index in [2.05, 4.69) is 13.8 Å². The van der Waals surface area contributed by atoms with Crippen molar-refractivity contribution in [3.8, 4) is 5.75 Å². The van der Waals surface area contributed by atoms with Crippen LogP contribution >= 0.6 is 0 Å². The van der Waals surface area contributed by atoms with Crippen molar-refractivity contribution < 1.29 is 14.3 Å². The Bertz CT molecular complexity index is 374. The molecule has 0 aliphatic heterocycles. The molecule has 1 rings (SSSR count). The summed E-state index contributed by atoms with van der Waals surface area (Å²) in [6, 6.07) is 7.65. The zero-order valence-electron chi connectivity index (χ0n) is 11.4. The molecule has 0 radical (unpaired) electrons. The van der Waals surface area contributed by atoms with Crippen molar-refractivity contribution in [1.29, 1.82) is 0 Å². The number of hydrogen-bond acceptors (Lipinski definition) is 3. The third-order valence-electron chi connectivity index (χ3n) is 2.65. The Labute approximate surface area is 109 Å². The highest BCUT2D eigenvalue weighted by Crippen LogP contribution is 2.20. The van der Waals surface area contributed by atoms with Crippen LogP contribution in [-0.2, 0) is 16.0 Å². The molecular formula is C15H22O3. The first-order chi connectivity index (χ1) is 8.63. The fraction of sp³-hybridized carbons (Fsp3) is 0.533. The molecule has 0 amide bonds. The Morgan fingerprint density at radius 1 is 1.33 bits per heavy atom. The number of benzene rings is 1. The SMILES string of the molecule is CCCOC(C)CCc1ccccc1OC(C)=O. The number of carbonyl (C=O) groups is 1. The monoisotopic (exact) mass is 250 g/mol. The van der Waals surface area contributed by atoms with E-state index in [0.29, 0.717) is 5.75 Å². The van der Waals surface area contributed by atoms with E-state index in [1.807, 2.05) is 24.3 Å². The van der Waals surface area contributed by atoms with E-state index in [0.717, 1.165) is 31.4 Å². The molecule has 1 aromatic carbocycles. The normalized spacial score (nSPS) is 12.2. The van der Waals surface area contributed by atoms with Gasteiger partial charge in [0.05, 0.1) is 6.10 Å². The zero-order chi connectivity index (χ0) is 13.4. The van der Waals surface area contributed by atoms with Crippen molar-refractivity contribution in [2.24, 2.45) is 0 Å². The molecule has 0 N–H and O–H groups in total. The molecule has 0 heterocycles. The van der Waals surface area contributed by atoms with Crippen molar-refractivity contribution in [3.63, 3.8) is 0 Å². The van der Waals surface area contributed by atoms with Crippen LogP contribution in [0.25, 0.3) is 0 Å². The van der Waals surface area contributed by atoms with Crippen LogP contribution in [0.2, 0.25) is 0 Å². The summed E-state index contributed by atoms with van der Waals surface area (Å²) in [7, 11) is 0. The van der Waals surface area contributed by atoms with Crippen molar-refractivity contribution in [2.75, 3.05) is 6.61 Å². The molecule has 18 heavy (non-hydrogen) atoms. The van der Waals surface area contributed by atoms with Crippen LogP contribution in [0.5, 0.6) is 5.75 Å². The van der Waals surface area contributed by atoms with Gasteiger partial charge < -0.3 is 9.47 Å². The molecule has 1 aromatic rings. The maximum absolute atomic E-state index is 11.0. The Morgan fingerprint density at radius 2 is 2.06 bits per heavy atom. The van der Waals surface area contributed by atoms with E-state index >= 15 is 0 Å². The molecule has 0 bridgehead atoms. The highest BCUT2D eigenvalue weighted by Gasteiger charge is 2.08. The Balaban J connectivity index is 2.53. The number of carbonyl (C=O) groups excluding carboxylic acids is 1. The summed E-state index contributed by atoms with van der Waals surface area (Å²) in [6.07, 6.45) is 3.05. The quantitative estimate of drug-likeness (QED) is 0.550. The second-order valence-corrected chi connectivity index (χ2v) is 4.42. The summed E-state index contributed by atoms with van der Waals surface area (Å²) >= 11 is 0. The minimum Gasteiger partial charge on any atom is -0.426 e. The van der Waals surface area contributed by atoms with E-state index < -0.39 is 0 Å². The average molecular weight is 250 g/mol. The Morgan fingerprint density at radius 3 is 2.72 bits per heavy atom. The smallest absolute Gasteiger partial charge is 0.308 e. The zero-order valence-corrected chi connectivity index (χ0v) is 11.4. The van der Waals surface area contributed by atoms with Gasteiger partial charge in [0.25, 0.3) is 0 Å². The van der Waals surface area contributed by atoms with Crippen molar-refractivity contribution in [2.45, 2.75) is 46.1 Å². The van der Waals surface area contributed by atoms with Gasteiger partial charge in [-0.15, -0.1) is 0 Å². The fourth-order valence-electron chi connectivity index (χ4n) is 1.73. The predicted octanol–water partition coefficient (Wildman–Crippen LogP) is 3.36. The van der Waals surface area contributed by atoms with Crippen molar-refractivity contribution in [3.05, 3.63) is 29.8 Å². The van der Waals surface area contributed by atoms with E-state index in [1.54, 1.807) is 0 Å². The fourth-order valence-corrected chi connectivity index (χ4v) is 1.73. The predicted molar refractivity (Wildman–Crippen MR) is 71.8 cm³/mol. The second kappa shape index (κ2) is 7.88. The lowest BCUT2D eigenvalue weighted by molar-refractivity contribution is -0.131. The molecule has 3 nitrogen and oxygen atoms in total. The van der Waals surface area contributed by atoms with Crippen molar-refractivity contribution in [1.82, 2.24) is 0 Å². The first-order valence-electron chi connectivity index (χ1n) is 6.51. The van der Waals surface area contributed by atoms with Crippen LogP contribution in [0.15, 0.2) is 24.3 Å². The first kappa shape index (κ1) is 14.7. The molecule has 0 saturated carbocycles. The van der Waals surface area contributed by atoms with Crippen LogP contribution in [0.4, 0.5) is 0 Å². The lowest BCUT2D eigenvalue weighted by Crippen LogP contribution is -2.11. The molecule has 0 aliphatic carbocycles. The van der Waals surface area contributed by atoms with Gasteiger partial charge in [-0.2, -0.15) is 0 Å². The average Bonchev–Trinajstić information content (AvgIpc) is 2.34. The first-order valence-corrected chi connectivity index (χ1v) is 6.51. The highest BCUT2D eigenvalue weighted by atomic mass is 16.5. The number of hydrogen-bond donors (Lipinski definition) is 0. The van der Waals surface area contributed by atoms with Crippen molar-refractivity contribution >= 4 is 5.97 Å². The lowest BCUT2D eigenvalue weighted by Gasteiger charge is -2.13. The number of para-hydroxylation sites is 1. The van der Waals surface area contributed by atoms with Gasteiger partial charge in [-0.1, -0.05) is 25.1 Å². The summed E-state index contributed by atoms with van der Waals surface area (Å²) < 4.78 is 10.8. The lowest BCUT2D eigenvalue weighted by atomic mass is 10.1. The Hall–Kier alpha value is -1.35. The third kappa shape index (κ3) is 5.32. The minimum atomic E-state index is -0.280. The summed E-state index contributed by atoms with van der Waals surface area (Å²) in [6.45, 7) is 6.39. The van der Waals surface area contributed by atoms with Crippen LogP contribution in [0.1, 0.15) is 39.2 Å². The van der Waals surface area contributed by atoms with E-state index in [4.69, 9.17) is 9.47 Å². The number of rotatable bonds is 7. The molecule has 0 fully saturated rings. The summed E-state index contributed by atoms with van der Waals surface area (Å²) in [5.74, 6) is 0.380. The molecular weight excluding hydrogens is 228 g/mol. The second-order valence-electron chi connectivity index (χ2n) is 4.42. The van der Waals surface area contributed by atoms with Crippen LogP contribution in [-0.4, -0.2) is 18.7 Å². The molecule has 0 saturated heterocycles. The van der Waals surface area contributed by atoms with Gasteiger partial charge in [-0.25, -0.2) is 0 Å². The highest BCUT2D eigenvalue weighted by molar-refractivity contribution is 5.69. The van der Waals surface area contributed by atoms with Gasteiger partial charge in [0.1, 0.15) is 5.75 Å². The number of aryl methyl sites for hydroxylation is 1. The maximum Gasteiger partial charge on any atom is 0.308 e. The van der Waals surface area contributed by atoms with E-state index in [1.165, 1.54) is 6.92 Å². The van der Waals surface area contributed by atoms with E-state index in [-0.39, 0.29) is 12.1 Å². The molecule has 1 unspecified atom stereocenters. The van der Waals surface area contributed by atoms with Gasteiger partial charge in [0, 0.05) is 13.5 Å². The molecule has 100 valence electrons. The van der Waals surface area contributed by atoms with Gasteiger partial charge in [0.2, 0.25) is 0 Å². The standard InChI is InChI=1S/C15H22O3/c1-4-11-17-12(2)9-10-14-7-5-6-8-15(14)18-13(3)16/h5-8,12H,4,9-11H2,1-3H3. The molecule has 0 spiro atoms. The van der Waals surface area contributed by atoms with Gasteiger partial charge in [0.15, 0.2) is 0 Å². The summed E-state index contributed by atoms with van der Waals surface area (Å²) in [4.78, 5) is 11.0. The third-order valence-corrected chi connectivity index (χ3v) is 2.65. The van der Waals surface area contributed by atoms with Gasteiger partial charge in [-0.05, 0) is 37.8 Å². The largest absolute Gasteiger partial charge is 0.426 e. The van der Waals surface area contributed by atoms with Gasteiger partial charge in [-0.3, -0.25) is 4.79 Å². The van der Waals surface area contributed by atoms with Gasteiger partial charge >= 0.3 is 5.97 Å². The topological polar surface area (TPSA) is 35.5 Å². The number of esters is 1. The van der Waals surface area contributed by atoms with Crippen LogP contribution in [0, 0.1) is 0 Å². The summed E-state index contributed by atoms with van der Waals surface area (Å²) in [5, 5.41) is 0. The number of ether oxygens (including phenoxy) is 2. The maximum atomic E-state index is 11.0. The molecule has 0 aromatic heterocycles. The molecule has 0 aliphatic rings. The van der Waals surface area contributed by atoms with Crippen LogP contribution < -0.4 is 4.74 Å². The van der Waals surface area contributed by atoms with E-state index in [9.17, 15) is 4.79 Å². The van der Waals surface area contributed by atoms with Crippen LogP contribution in [0.3, 0.4) is 0 Å². The minimum absolute atomic E-state index is 0.232. The molecule has 3 heteroatoms. The Kier molecular flexibility index (Phi) is 6.44. The molecule has 1 atom stereocenters. The summed E-state index contributed by atoms with van der Waals surface area (Å²) in [5.41, 5.74) is 1.06.